The fourth-order valence-corrected chi connectivity index (χ4v) is 7.73. The number of esters is 1. The highest BCUT2D eigenvalue weighted by Gasteiger charge is 2.71. The van der Waals surface area contributed by atoms with Crippen molar-refractivity contribution in [1.82, 2.24) is 4.90 Å². The third kappa shape index (κ3) is 4.08. The van der Waals surface area contributed by atoms with Gasteiger partial charge in [0.25, 0.3) is 0 Å². The minimum absolute atomic E-state index is 0.0787. The second kappa shape index (κ2) is 10.2. The Bertz CT molecular complexity index is 1700. The van der Waals surface area contributed by atoms with E-state index >= 15 is 4.39 Å². The first-order valence-electron chi connectivity index (χ1n) is 14.1. The lowest BCUT2D eigenvalue weighted by molar-refractivity contribution is -0.128. The molecule has 4 aliphatic rings. The van der Waals surface area contributed by atoms with Crippen LogP contribution in [0.15, 0.2) is 54.6 Å². The Morgan fingerprint density at radius 1 is 1.09 bits per heavy atom. The van der Waals surface area contributed by atoms with Gasteiger partial charge in [-0.05, 0) is 54.7 Å². The predicted molar refractivity (Wildman–Crippen MR) is 159 cm³/mol. The van der Waals surface area contributed by atoms with Crippen molar-refractivity contribution >= 4 is 52.4 Å². The Hall–Kier alpha value is -3.66. The molecule has 3 aliphatic heterocycles. The average molecular weight is 624 g/mol. The smallest absolute Gasteiger partial charge is 0.341 e. The number of amides is 2. The Balaban J connectivity index is 1.41. The van der Waals surface area contributed by atoms with E-state index in [1.54, 1.807) is 47.4 Å². The number of nitrogens with zero attached hydrogens (tertiary/aromatic N) is 2. The van der Waals surface area contributed by atoms with Crippen LogP contribution in [0.2, 0.25) is 10.0 Å². The largest absolute Gasteiger partial charge is 0.496 e. The fourth-order valence-electron chi connectivity index (χ4n) is 7.37. The first kappa shape index (κ1) is 28.1. The molecule has 11 heteroatoms. The number of anilines is 2. The van der Waals surface area contributed by atoms with Gasteiger partial charge in [-0.25, -0.2) is 9.18 Å². The number of hydrogen-bond acceptors (Lipinski definition) is 6. The minimum Gasteiger partial charge on any atom is -0.496 e. The van der Waals surface area contributed by atoms with Crippen molar-refractivity contribution in [2.45, 2.75) is 30.3 Å². The highest BCUT2D eigenvalue weighted by molar-refractivity contribution is 6.31. The highest BCUT2D eigenvalue weighted by atomic mass is 35.5. The first-order chi connectivity index (χ1) is 20.7. The third-order valence-corrected chi connectivity index (χ3v) is 9.88. The lowest BCUT2D eigenvalue weighted by atomic mass is 9.71. The molecule has 1 saturated carbocycles. The van der Waals surface area contributed by atoms with E-state index in [0.29, 0.717) is 34.4 Å². The van der Waals surface area contributed by atoms with Gasteiger partial charge in [0.05, 0.1) is 25.2 Å². The number of ether oxygens (including phenoxy) is 2. The molecular formula is C32H28Cl2FN3O5. The van der Waals surface area contributed by atoms with Gasteiger partial charge in [0, 0.05) is 53.1 Å². The number of rotatable bonds is 6. The van der Waals surface area contributed by atoms with E-state index in [4.69, 9.17) is 32.7 Å². The fraction of sp³-hybridized carbons (Fsp3) is 0.344. The molecular weight excluding hydrogens is 596 g/mol. The molecule has 7 rings (SSSR count). The van der Waals surface area contributed by atoms with Crippen LogP contribution in [0.25, 0.3) is 0 Å². The summed E-state index contributed by atoms with van der Waals surface area (Å²) < 4.78 is 26.4. The molecule has 0 radical (unpaired) electrons. The van der Waals surface area contributed by atoms with Crippen LogP contribution < -0.4 is 15.0 Å². The predicted octanol–water partition coefficient (Wildman–Crippen LogP) is 5.62. The van der Waals surface area contributed by atoms with Gasteiger partial charge in [0.15, 0.2) is 0 Å². The molecule has 1 aliphatic carbocycles. The molecule has 2 amide bonds. The quantitative estimate of drug-likeness (QED) is 0.359. The van der Waals surface area contributed by atoms with Crippen LogP contribution in [0.4, 0.5) is 15.8 Å². The summed E-state index contributed by atoms with van der Waals surface area (Å²) in [7, 11) is 2.72. The summed E-state index contributed by atoms with van der Waals surface area (Å²) in [6.07, 6.45) is 2.03. The van der Waals surface area contributed by atoms with Crippen molar-refractivity contribution in [3.63, 3.8) is 0 Å². The van der Waals surface area contributed by atoms with Gasteiger partial charge in [-0.1, -0.05) is 41.4 Å². The maximum absolute atomic E-state index is 16.0. The number of nitrogens with one attached hydrogen (secondary N) is 1. The number of fused-ring (bicyclic) bond motifs is 3. The highest BCUT2D eigenvalue weighted by Crippen LogP contribution is 2.62. The maximum Gasteiger partial charge on any atom is 0.341 e. The Kier molecular flexibility index (Phi) is 6.68. The minimum atomic E-state index is -1.35. The summed E-state index contributed by atoms with van der Waals surface area (Å²) in [5.41, 5.74) is 0.845. The van der Waals surface area contributed by atoms with Crippen LogP contribution in [0.5, 0.6) is 5.75 Å². The number of methoxy groups -OCH3 is 2. The molecule has 222 valence electrons. The second-order valence-electron chi connectivity index (χ2n) is 11.5. The molecule has 3 heterocycles. The molecule has 8 nitrogen and oxygen atoms in total. The lowest BCUT2D eigenvalue weighted by Gasteiger charge is -2.41. The topological polar surface area (TPSA) is 88.2 Å². The van der Waals surface area contributed by atoms with Gasteiger partial charge in [0.1, 0.15) is 22.7 Å². The van der Waals surface area contributed by atoms with Crippen molar-refractivity contribution in [2.75, 3.05) is 37.5 Å². The number of halogens is 3. The summed E-state index contributed by atoms with van der Waals surface area (Å²) in [6.45, 7) is 0.828. The number of benzene rings is 3. The SMILES string of the molecule is COC(=O)c1ccc(N2C[C@H]3[C@@H](C2=O)[C@H](c2cccc(Cl)c2F)[C@]2(C(=O)Nc4cc(Cl)ccc42)N3CC2CC2)cc1OC. The van der Waals surface area contributed by atoms with Gasteiger partial charge in [0.2, 0.25) is 11.8 Å². The van der Waals surface area contributed by atoms with E-state index in [1.165, 1.54) is 20.3 Å². The van der Waals surface area contributed by atoms with Gasteiger partial charge in [-0.3, -0.25) is 14.5 Å². The summed E-state index contributed by atoms with van der Waals surface area (Å²) in [4.78, 5) is 44.9. The first-order valence-corrected chi connectivity index (χ1v) is 14.9. The zero-order chi connectivity index (χ0) is 30.2. The standard InChI is InChI=1S/C32H28Cl2FN3O5/c1-42-25-13-18(9-10-19(25)30(40)43-2)37-15-24-26(29(37)39)27(20-4-3-5-22(34)28(20)35)32(38(24)14-16-6-7-16)21-11-8-17(33)12-23(21)36-31(32)41/h3-5,8-13,16,24,26-27H,6-7,14-15H2,1-2H3,(H,36,41)/t24-,26+,27-,32+/m0/s1. The summed E-state index contributed by atoms with van der Waals surface area (Å²) in [6, 6.07) is 14.4. The van der Waals surface area contributed by atoms with Crippen LogP contribution in [-0.4, -0.2) is 56.0 Å². The number of carbonyl (C=O) groups excluding carboxylic acids is 3. The molecule has 4 atom stereocenters. The van der Waals surface area contributed by atoms with Gasteiger partial charge >= 0.3 is 5.97 Å². The number of carbonyl (C=O) groups is 3. The summed E-state index contributed by atoms with van der Waals surface area (Å²) in [5.74, 6) is -2.81. The molecule has 0 bridgehead atoms. The monoisotopic (exact) mass is 623 g/mol. The average Bonchev–Trinajstić information content (AvgIpc) is 3.62. The van der Waals surface area contributed by atoms with E-state index < -0.39 is 35.2 Å². The van der Waals surface area contributed by atoms with E-state index in [9.17, 15) is 14.4 Å². The molecule has 3 aromatic rings. The Morgan fingerprint density at radius 2 is 1.88 bits per heavy atom. The number of likely N-dealkylation sites (tertiary alicyclic amines) is 1. The Labute approximate surface area is 257 Å². The third-order valence-electron chi connectivity index (χ3n) is 9.35. The normalized spacial score (nSPS) is 26.1. The zero-order valence-electron chi connectivity index (χ0n) is 23.4. The van der Waals surface area contributed by atoms with E-state index in [1.807, 2.05) is 6.07 Å². The summed E-state index contributed by atoms with van der Waals surface area (Å²) >= 11 is 12.6. The second-order valence-corrected chi connectivity index (χ2v) is 12.4. The van der Waals surface area contributed by atoms with Crippen molar-refractivity contribution < 1.29 is 28.2 Å². The van der Waals surface area contributed by atoms with Crippen molar-refractivity contribution in [2.24, 2.45) is 11.8 Å². The van der Waals surface area contributed by atoms with E-state index in [2.05, 4.69) is 10.2 Å². The molecule has 0 unspecified atom stereocenters. The molecule has 1 spiro atoms. The van der Waals surface area contributed by atoms with Crippen molar-refractivity contribution in [3.8, 4) is 5.75 Å². The molecule has 43 heavy (non-hydrogen) atoms. The number of hydrogen-bond donors (Lipinski definition) is 1. The van der Waals surface area contributed by atoms with Crippen LogP contribution >= 0.6 is 23.2 Å². The van der Waals surface area contributed by atoms with Crippen LogP contribution in [0, 0.1) is 17.7 Å². The van der Waals surface area contributed by atoms with Crippen LogP contribution in [-0.2, 0) is 19.9 Å². The molecule has 2 saturated heterocycles. The van der Waals surface area contributed by atoms with Gasteiger partial charge in [-0.15, -0.1) is 0 Å². The molecule has 1 N–H and O–H groups in total. The van der Waals surface area contributed by atoms with Crippen molar-refractivity contribution in [1.29, 1.82) is 0 Å². The molecule has 0 aromatic heterocycles. The van der Waals surface area contributed by atoms with E-state index in [0.717, 1.165) is 12.8 Å². The molecule has 3 aromatic carbocycles. The van der Waals surface area contributed by atoms with Crippen LogP contribution in [0.1, 0.15) is 40.2 Å². The van der Waals surface area contributed by atoms with Gasteiger partial charge in [-0.2, -0.15) is 0 Å². The Morgan fingerprint density at radius 3 is 2.60 bits per heavy atom. The van der Waals surface area contributed by atoms with Gasteiger partial charge < -0.3 is 19.7 Å². The maximum atomic E-state index is 16.0. The summed E-state index contributed by atoms with van der Waals surface area (Å²) in [5, 5.41) is 3.39. The molecule has 3 fully saturated rings. The zero-order valence-corrected chi connectivity index (χ0v) is 24.9. The van der Waals surface area contributed by atoms with E-state index in [-0.39, 0.29) is 40.3 Å². The lowest BCUT2D eigenvalue weighted by Crippen LogP contribution is -2.54. The van der Waals surface area contributed by atoms with Crippen LogP contribution in [0.3, 0.4) is 0 Å². The van der Waals surface area contributed by atoms with Crippen molar-refractivity contribution in [3.05, 3.63) is 87.2 Å².